The molecule has 2 N–H and O–H groups in total. The molecule has 0 bridgehead atoms. The maximum atomic E-state index is 13.2. The number of esters is 1. The third-order valence-electron chi connectivity index (χ3n) is 9.64. The Balaban J connectivity index is 0.000000487. The smallest absolute Gasteiger partial charge is 0.416 e. The van der Waals surface area contributed by atoms with Gasteiger partial charge in [0, 0.05) is 50.2 Å². The molecule has 0 amide bonds. The number of carboxylic acid groups (broad SMARTS) is 2. The molecule has 220 valence electrons. The van der Waals surface area contributed by atoms with Crippen LogP contribution in [0.5, 0.6) is 0 Å². The highest BCUT2D eigenvalue weighted by Crippen LogP contribution is 2.66. The van der Waals surface area contributed by atoms with Crippen molar-refractivity contribution in [1.29, 1.82) is 0 Å². The van der Waals surface area contributed by atoms with Crippen molar-refractivity contribution in [3.63, 3.8) is 0 Å². The van der Waals surface area contributed by atoms with Gasteiger partial charge in [0.05, 0.1) is 17.1 Å². The van der Waals surface area contributed by atoms with Gasteiger partial charge in [-0.25, -0.2) is 9.59 Å². The van der Waals surface area contributed by atoms with E-state index in [1.807, 2.05) is 4.90 Å². The molecule has 6 rings (SSSR count). The van der Waals surface area contributed by atoms with Gasteiger partial charge in [-0.15, -0.1) is 0 Å². The predicted octanol–water partition coefficient (Wildman–Crippen LogP) is 3.51. The molecule has 1 spiro atoms. The second-order valence-corrected chi connectivity index (χ2v) is 11.9. The van der Waals surface area contributed by atoms with Crippen LogP contribution in [0.2, 0.25) is 0 Å². The molecule has 0 aromatic heterocycles. The lowest BCUT2D eigenvalue weighted by molar-refractivity contribution is -0.168. The lowest BCUT2D eigenvalue weighted by Crippen LogP contribution is -2.58. The SMILES string of the molecule is C[C@@H]1CC[C@H]2C(CN3CCN(c4cccc(C(F)(F)F)c4)CC3)C(=O)O[C@]23[C@H]1CC[C@@]1(C)O[C@@H]31.O=C(O)C(=O)O. The molecule has 0 radical (unpaired) electrons. The molecule has 40 heavy (non-hydrogen) atoms. The van der Waals surface area contributed by atoms with Crippen molar-refractivity contribution in [2.24, 2.45) is 23.7 Å². The maximum absolute atomic E-state index is 13.2. The number of carbonyl (C=O) groups excluding carboxylic acids is 1. The van der Waals surface area contributed by atoms with Gasteiger partial charge < -0.3 is 24.6 Å². The molecule has 5 aliphatic rings. The number of hydrogen-bond acceptors (Lipinski definition) is 7. The highest BCUT2D eigenvalue weighted by atomic mass is 19.4. The zero-order valence-corrected chi connectivity index (χ0v) is 22.5. The van der Waals surface area contributed by atoms with Crippen LogP contribution < -0.4 is 4.90 Å². The van der Waals surface area contributed by atoms with E-state index >= 15 is 0 Å². The van der Waals surface area contributed by atoms with Crippen LogP contribution in [-0.4, -0.2) is 83.1 Å². The monoisotopic (exact) mass is 568 g/mol. The Morgan fingerprint density at radius 1 is 1.05 bits per heavy atom. The molecule has 1 aromatic rings. The van der Waals surface area contributed by atoms with Crippen LogP contribution in [-0.2, 0) is 30.0 Å². The van der Waals surface area contributed by atoms with E-state index in [1.165, 1.54) is 12.1 Å². The number of hydrogen-bond donors (Lipinski definition) is 2. The summed E-state index contributed by atoms with van der Waals surface area (Å²) in [5, 5.41) is 14.8. The first-order valence-corrected chi connectivity index (χ1v) is 13.8. The van der Waals surface area contributed by atoms with Crippen molar-refractivity contribution in [2.45, 2.75) is 63.0 Å². The first-order valence-electron chi connectivity index (χ1n) is 13.8. The summed E-state index contributed by atoms with van der Waals surface area (Å²) >= 11 is 0. The second-order valence-electron chi connectivity index (χ2n) is 11.9. The van der Waals surface area contributed by atoms with E-state index in [0.29, 0.717) is 37.2 Å². The lowest BCUT2D eigenvalue weighted by Gasteiger charge is -2.50. The number of epoxide rings is 1. The minimum Gasteiger partial charge on any atom is -0.473 e. The number of rotatable bonds is 3. The van der Waals surface area contributed by atoms with Crippen LogP contribution in [0, 0.1) is 23.7 Å². The third kappa shape index (κ3) is 5.04. The number of carboxylic acids is 2. The highest BCUT2D eigenvalue weighted by molar-refractivity contribution is 6.27. The maximum Gasteiger partial charge on any atom is 0.416 e. The zero-order chi connectivity index (χ0) is 29.0. The van der Waals surface area contributed by atoms with Gasteiger partial charge in [-0.05, 0) is 56.7 Å². The Bertz CT molecular complexity index is 1160. The molecular weight excluding hydrogens is 533 g/mol. The number of benzene rings is 1. The summed E-state index contributed by atoms with van der Waals surface area (Å²) in [6.45, 7) is 7.83. The summed E-state index contributed by atoms with van der Waals surface area (Å²) in [6.07, 6.45) is -0.100. The molecular formula is C28H35F3N2O7. The zero-order valence-electron chi connectivity index (χ0n) is 22.5. The highest BCUT2D eigenvalue weighted by Gasteiger charge is 2.77. The quantitative estimate of drug-likeness (QED) is 0.321. The van der Waals surface area contributed by atoms with Gasteiger partial charge in [-0.3, -0.25) is 9.69 Å². The summed E-state index contributed by atoms with van der Waals surface area (Å²) in [7, 11) is 0. The number of halogens is 3. The molecule has 2 saturated carbocycles. The van der Waals surface area contributed by atoms with Gasteiger partial charge in [0.2, 0.25) is 0 Å². The van der Waals surface area contributed by atoms with Crippen LogP contribution in [0.1, 0.15) is 45.1 Å². The normalized spacial score (nSPS) is 36.8. The largest absolute Gasteiger partial charge is 0.473 e. The number of anilines is 1. The summed E-state index contributed by atoms with van der Waals surface area (Å²) in [4.78, 5) is 35.7. The predicted molar refractivity (Wildman–Crippen MR) is 136 cm³/mol. The minimum absolute atomic E-state index is 0.0261. The van der Waals surface area contributed by atoms with E-state index < -0.39 is 29.3 Å². The summed E-state index contributed by atoms with van der Waals surface area (Å²) in [5.41, 5.74) is -0.622. The van der Waals surface area contributed by atoms with Crippen LogP contribution in [0.15, 0.2) is 24.3 Å². The van der Waals surface area contributed by atoms with Crippen molar-refractivity contribution in [3.05, 3.63) is 29.8 Å². The molecule has 3 heterocycles. The number of fused-ring (bicyclic) bond motifs is 1. The lowest BCUT2D eigenvalue weighted by atomic mass is 9.55. The standard InChI is InChI=1S/C26H33F3N2O3.C2H2O4/c1-16-6-7-21-19(22(32)33-25(21)20(16)8-9-24(2)23(25)34-24)15-30-10-12-31(13-11-30)18-5-3-4-17(14-18)26(27,28)29;3-1(4)2(5)6/h3-5,14,16,19-21,23H,6-13,15H2,1-2H3;(H,3,4)(H,5,6)/t16-,19?,20+,21+,23-,24-,25-;/m1./s1. The first kappa shape index (κ1) is 28.7. The molecule has 1 aromatic carbocycles. The molecule has 2 aliphatic carbocycles. The van der Waals surface area contributed by atoms with Gasteiger partial charge in [-0.2, -0.15) is 13.2 Å². The average Bonchev–Trinajstić information content (AvgIpc) is 3.53. The summed E-state index contributed by atoms with van der Waals surface area (Å²) in [6, 6.07) is 5.55. The topological polar surface area (TPSA) is 120 Å². The van der Waals surface area contributed by atoms with Crippen molar-refractivity contribution in [2.75, 3.05) is 37.6 Å². The average molecular weight is 569 g/mol. The van der Waals surface area contributed by atoms with Gasteiger partial charge in [-0.1, -0.05) is 13.0 Å². The van der Waals surface area contributed by atoms with Crippen LogP contribution in [0.25, 0.3) is 0 Å². The molecule has 7 atom stereocenters. The van der Waals surface area contributed by atoms with Crippen molar-refractivity contribution >= 4 is 23.6 Å². The van der Waals surface area contributed by atoms with Gasteiger partial charge >= 0.3 is 24.1 Å². The summed E-state index contributed by atoms with van der Waals surface area (Å²) < 4.78 is 51.9. The van der Waals surface area contributed by atoms with Crippen LogP contribution in [0.3, 0.4) is 0 Å². The third-order valence-corrected chi connectivity index (χ3v) is 9.64. The van der Waals surface area contributed by atoms with Crippen molar-refractivity contribution < 1.29 is 47.2 Å². The molecule has 12 heteroatoms. The van der Waals surface area contributed by atoms with Gasteiger partial charge in [0.25, 0.3) is 0 Å². The van der Waals surface area contributed by atoms with E-state index in [0.717, 1.165) is 44.8 Å². The second kappa shape index (κ2) is 10.2. The number of piperazine rings is 1. The molecule has 9 nitrogen and oxygen atoms in total. The number of nitrogens with zero attached hydrogens (tertiary/aromatic N) is 2. The van der Waals surface area contributed by atoms with Gasteiger partial charge in [0.1, 0.15) is 11.7 Å². The van der Waals surface area contributed by atoms with E-state index in [9.17, 15) is 18.0 Å². The molecule has 1 unspecified atom stereocenters. The van der Waals surface area contributed by atoms with Crippen LogP contribution >= 0.6 is 0 Å². The number of aliphatic carboxylic acids is 2. The number of alkyl halides is 3. The van der Waals surface area contributed by atoms with E-state index in [4.69, 9.17) is 29.3 Å². The van der Waals surface area contributed by atoms with Crippen molar-refractivity contribution in [1.82, 2.24) is 4.90 Å². The van der Waals surface area contributed by atoms with Crippen LogP contribution in [0.4, 0.5) is 18.9 Å². The van der Waals surface area contributed by atoms with E-state index in [-0.39, 0.29) is 29.5 Å². The van der Waals surface area contributed by atoms with Crippen molar-refractivity contribution in [3.8, 4) is 0 Å². The fourth-order valence-electron chi connectivity index (χ4n) is 7.61. The Morgan fingerprint density at radius 3 is 2.35 bits per heavy atom. The minimum atomic E-state index is -4.34. The van der Waals surface area contributed by atoms with Gasteiger partial charge in [0.15, 0.2) is 0 Å². The Morgan fingerprint density at radius 2 is 1.73 bits per heavy atom. The fourth-order valence-corrected chi connectivity index (χ4v) is 7.61. The molecule has 3 saturated heterocycles. The number of carbonyl (C=O) groups is 3. The Kier molecular flexibility index (Phi) is 7.31. The Labute approximate surface area is 230 Å². The first-order chi connectivity index (χ1) is 18.8. The number of ether oxygens (including phenoxy) is 2. The van der Waals surface area contributed by atoms with E-state index in [1.54, 1.807) is 6.07 Å². The Hall–Kier alpha value is -2.86. The fraction of sp³-hybridized carbons (Fsp3) is 0.679. The molecule has 5 fully saturated rings. The molecule has 3 aliphatic heterocycles. The summed E-state index contributed by atoms with van der Waals surface area (Å²) in [5.74, 6) is -2.78. The van der Waals surface area contributed by atoms with E-state index in [2.05, 4.69) is 18.7 Å².